The van der Waals surface area contributed by atoms with E-state index >= 15 is 0 Å². The molecular weight excluding hydrogens is 309 g/mol. The minimum atomic E-state index is -0.308. The first-order valence-electron chi connectivity index (χ1n) is 8.05. The van der Waals surface area contributed by atoms with Crippen molar-refractivity contribution in [2.24, 2.45) is 7.05 Å². The van der Waals surface area contributed by atoms with Gasteiger partial charge in [-0.1, -0.05) is 0 Å². The maximum absolute atomic E-state index is 12.9. The largest absolute Gasteiger partial charge is 0.337 e. The number of piperazine rings is 1. The number of carbonyl (C=O) groups excluding carboxylic acids is 1. The summed E-state index contributed by atoms with van der Waals surface area (Å²) in [5.41, 5.74) is 1.81. The maximum atomic E-state index is 12.9. The van der Waals surface area contributed by atoms with Crippen molar-refractivity contribution < 1.29 is 9.18 Å². The lowest BCUT2D eigenvalue weighted by molar-refractivity contribution is -0.117. The average molecular weight is 331 g/mol. The van der Waals surface area contributed by atoms with E-state index in [2.05, 4.69) is 20.1 Å². The smallest absolute Gasteiger partial charge is 0.238 e. The molecule has 1 aromatic heterocycles. The predicted molar refractivity (Wildman–Crippen MR) is 90.0 cm³/mol. The van der Waals surface area contributed by atoms with E-state index in [1.807, 2.05) is 24.1 Å². The summed E-state index contributed by atoms with van der Waals surface area (Å²) in [4.78, 5) is 20.7. The summed E-state index contributed by atoms with van der Waals surface area (Å²) >= 11 is 0. The fourth-order valence-electron chi connectivity index (χ4n) is 2.81. The number of amides is 1. The van der Waals surface area contributed by atoms with Crippen LogP contribution in [0.2, 0.25) is 0 Å². The summed E-state index contributed by atoms with van der Waals surface area (Å²) in [5, 5.41) is 2.80. The number of hydrogen-bond donors (Lipinski definition) is 1. The number of benzene rings is 1. The summed E-state index contributed by atoms with van der Waals surface area (Å²) < 4.78 is 14.9. The second-order valence-corrected chi connectivity index (χ2v) is 6.10. The lowest BCUT2D eigenvalue weighted by atomic mass is 10.2. The van der Waals surface area contributed by atoms with Crippen molar-refractivity contribution >= 4 is 11.6 Å². The number of imidazole rings is 1. The highest BCUT2D eigenvalue weighted by molar-refractivity contribution is 5.92. The normalized spacial score (nSPS) is 16.2. The highest BCUT2D eigenvalue weighted by Crippen LogP contribution is 2.10. The molecule has 0 radical (unpaired) electrons. The lowest BCUT2D eigenvalue weighted by Crippen LogP contribution is -2.48. The Morgan fingerprint density at radius 1 is 1.17 bits per heavy atom. The number of aryl methyl sites for hydroxylation is 1. The SMILES string of the molecule is Cn1cncc1CN1CCN(CC(=O)Nc2ccc(F)cc2)CC1. The molecule has 0 aliphatic carbocycles. The molecule has 1 aromatic carbocycles. The van der Waals surface area contributed by atoms with Crippen LogP contribution in [0.3, 0.4) is 0 Å². The van der Waals surface area contributed by atoms with Crippen molar-refractivity contribution in [1.82, 2.24) is 19.4 Å². The number of carbonyl (C=O) groups is 1. The Morgan fingerprint density at radius 3 is 2.46 bits per heavy atom. The molecule has 1 saturated heterocycles. The molecule has 2 aromatic rings. The molecule has 128 valence electrons. The van der Waals surface area contributed by atoms with Crippen LogP contribution in [0.5, 0.6) is 0 Å². The first kappa shape index (κ1) is 16.6. The van der Waals surface area contributed by atoms with E-state index in [1.165, 1.54) is 17.8 Å². The van der Waals surface area contributed by atoms with Gasteiger partial charge < -0.3 is 9.88 Å². The fourth-order valence-corrected chi connectivity index (χ4v) is 2.81. The number of hydrogen-bond acceptors (Lipinski definition) is 4. The van der Waals surface area contributed by atoms with Crippen molar-refractivity contribution in [1.29, 1.82) is 0 Å². The van der Waals surface area contributed by atoms with Crippen molar-refractivity contribution in [3.05, 3.63) is 48.3 Å². The number of rotatable bonds is 5. The molecule has 1 amide bonds. The Kier molecular flexibility index (Phi) is 5.22. The third-order valence-corrected chi connectivity index (χ3v) is 4.26. The van der Waals surface area contributed by atoms with Gasteiger partial charge in [-0.25, -0.2) is 9.37 Å². The van der Waals surface area contributed by atoms with Gasteiger partial charge in [0.2, 0.25) is 5.91 Å². The molecule has 0 atom stereocenters. The topological polar surface area (TPSA) is 53.4 Å². The van der Waals surface area contributed by atoms with Gasteiger partial charge in [0.15, 0.2) is 0 Å². The van der Waals surface area contributed by atoms with Crippen LogP contribution in [0.4, 0.5) is 10.1 Å². The molecule has 24 heavy (non-hydrogen) atoms. The molecule has 1 fully saturated rings. The zero-order valence-electron chi connectivity index (χ0n) is 13.8. The first-order chi connectivity index (χ1) is 11.6. The molecular formula is C17H22FN5O. The Morgan fingerprint density at radius 2 is 1.83 bits per heavy atom. The molecule has 2 heterocycles. The third kappa shape index (κ3) is 4.39. The standard InChI is InChI=1S/C17H22FN5O/c1-21-13-19-10-16(21)11-22-6-8-23(9-7-22)12-17(24)20-15-4-2-14(18)3-5-15/h2-5,10,13H,6-9,11-12H2,1H3,(H,20,24). The minimum Gasteiger partial charge on any atom is -0.337 e. The molecule has 7 heteroatoms. The second-order valence-electron chi connectivity index (χ2n) is 6.10. The summed E-state index contributed by atoms with van der Waals surface area (Å²) in [5.74, 6) is -0.376. The van der Waals surface area contributed by atoms with Crippen molar-refractivity contribution in [2.75, 3.05) is 38.0 Å². The first-order valence-corrected chi connectivity index (χ1v) is 8.05. The molecule has 0 saturated carbocycles. The lowest BCUT2D eigenvalue weighted by Gasteiger charge is -2.34. The minimum absolute atomic E-state index is 0.0679. The van der Waals surface area contributed by atoms with Gasteiger partial charge in [0.05, 0.1) is 18.6 Å². The van der Waals surface area contributed by atoms with Gasteiger partial charge in [-0.15, -0.1) is 0 Å². The van der Waals surface area contributed by atoms with Gasteiger partial charge in [0.25, 0.3) is 0 Å². The van der Waals surface area contributed by atoms with Gasteiger partial charge in [0, 0.05) is 51.7 Å². The molecule has 3 rings (SSSR count). The third-order valence-electron chi connectivity index (χ3n) is 4.26. The van der Waals surface area contributed by atoms with E-state index in [4.69, 9.17) is 0 Å². The van der Waals surface area contributed by atoms with Crippen LogP contribution in [0.15, 0.2) is 36.8 Å². The average Bonchev–Trinajstić information content (AvgIpc) is 2.96. The zero-order valence-corrected chi connectivity index (χ0v) is 13.8. The summed E-state index contributed by atoms with van der Waals surface area (Å²) in [7, 11) is 2.00. The highest BCUT2D eigenvalue weighted by Gasteiger charge is 2.19. The predicted octanol–water partition coefficient (Wildman–Crippen LogP) is 1.32. The van der Waals surface area contributed by atoms with E-state index in [9.17, 15) is 9.18 Å². The van der Waals surface area contributed by atoms with Gasteiger partial charge in [-0.05, 0) is 24.3 Å². The highest BCUT2D eigenvalue weighted by atomic mass is 19.1. The van der Waals surface area contributed by atoms with Crippen molar-refractivity contribution in [2.45, 2.75) is 6.54 Å². The molecule has 1 N–H and O–H groups in total. The van der Waals surface area contributed by atoms with Crippen LogP contribution in [0.25, 0.3) is 0 Å². The molecule has 1 aliphatic heterocycles. The monoisotopic (exact) mass is 331 g/mol. The van der Waals surface area contributed by atoms with Gasteiger partial charge >= 0.3 is 0 Å². The Balaban J connectivity index is 1.42. The van der Waals surface area contributed by atoms with Gasteiger partial charge in [0.1, 0.15) is 5.82 Å². The van der Waals surface area contributed by atoms with Crippen LogP contribution in [0, 0.1) is 5.82 Å². The second kappa shape index (κ2) is 7.55. The fraction of sp³-hybridized carbons (Fsp3) is 0.412. The number of nitrogens with one attached hydrogen (secondary N) is 1. The number of aromatic nitrogens is 2. The van der Waals surface area contributed by atoms with E-state index < -0.39 is 0 Å². The number of halogens is 1. The van der Waals surface area contributed by atoms with Crippen molar-refractivity contribution in [3.63, 3.8) is 0 Å². The van der Waals surface area contributed by atoms with Crippen LogP contribution in [0.1, 0.15) is 5.69 Å². The quantitative estimate of drug-likeness (QED) is 0.898. The zero-order chi connectivity index (χ0) is 16.9. The van der Waals surface area contributed by atoms with Crippen LogP contribution >= 0.6 is 0 Å². The Labute approximate surface area is 140 Å². The summed E-state index contributed by atoms with van der Waals surface area (Å²) in [6.07, 6.45) is 3.70. The molecule has 0 unspecified atom stereocenters. The maximum Gasteiger partial charge on any atom is 0.238 e. The van der Waals surface area contributed by atoms with E-state index in [1.54, 1.807) is 12.1 Å². The molecule has 1 aliphatic rings. The molecule has 0 bridgehead atoms. The Hall–Kier alpha value is -2.25. The van der Waals surface area contributed by atoms with Gasteiger partial charge in [-0.3, -0.25) is 14.6 Å². The van der Waals surface area contributed by atoms with Crippen molar-refractivity contribution in [3.8, 4) is 0 Å². The molecule has 6 nitrogen and oxygen atoms in total. The van der Waals surface area contributed by atoms with E-state index in [0.29, 0.717) is 12.2 Å². The van der Waals surface area contributed by atoms with Gasteiger partial charge in [-0.2, -0.15) is 0 Å². The Bertz CT molecular complexity index is 677. The van der Waals surface area contributed by atoms with E-state index in [-0.39, 0.29) is 11.7 Å². The van der Waals surface area contributed by atoms with Crippen LogP contribution in [-0.2, 0) is 18.4 Å². The number of anilines is 1. The number of nitrogens with zero attached hydrogens (tertiary/aromatic N) is 4. The molecule has 0 spiro atoms. The van der Waals surface area contributed by atoms with Crippen LogP contribution in [-0.4, -0.2) is 58.0 Å². The van der Waals surface area contributed by atoms with Crippen LogP contribution < -0.4 is 5.32 Å². The summed E-state index contributed by atoms with van der Waals surface area (Å²) in [6, 6.07) is 5.82. The summed E-state index contributed by atoms with van der Waals surface area (Å²) in [6.45, 7) is 4.80. The van der Waals surface area contributed by atoms with E-state index in [0.717, 1.165) is 32.7 Å².